The molecule has 0 aromatic carbocycles. The zero-order chi connectivity index (χ0) is 9.14. The molecule has 0 bridgehead atoms. The first kappa shape index (κ1) is 8.84. The van der Waals surface area contributed by atoms with Crippen LogP contribution < -0.4 is 0 Å². The summed E-state index contributed by atoms with van der Waals surface area (Å²) in [4.78, 5) is 7.27. The summed E-state index contributed by atoms with van der Waals surface area (Å²) < 4.78 is 2.04. The highest BCUT2D eigenvalue weighted by molar-refractivity contribution is 5.34. The van der Waals surface area contributed by atoms with Gasteiger partial charge in [0.1, 0.15) is 0 Å². The van der Waals surface area contributed by atoms with Crippen molar-refractivity contribution in [3.8, 4) is 0 Å². The SMILES string of the molecule is CC.Cc1[nH]c2nccn2c1C.[HH]. The van der Waals surface area contributed by atoms with Gasteiger partial charge in [-0.15, -0.1) is 0 Å². The van der Waals surface area contributed by atoms with E-state index in [1.807, 2.05) is 31.4 Å². The van der Waals surface area contributed by atoms with Gasteiger partial charge in [0.05, 0.1) is 0 Å². The molecule has 3 nitrogen and oxygen atoms in total. The third-order valence-corrected chi connectivity index (χ3v) is 1.84. The Morgan fingerprint density at radius 1 is 1.42 bits per heavy atom. The van der Waals surface area contributed by atoms with Gasteiger partial charge in [-0.1, -0.05) is 13.8 Å². The number of aryl methyl sites for hydroxylation is 2. The lowest BCUT2D eigenvalue weighted by molar-refractivity contribution is 1.11. The molecular formula is C9H17N3. The predicted octanol–water partition coefficient (Wildman–Crippen LogP) is 2.55. The molecule has 0 aliphatic carbocycles. The number of hydrogen-bond donors (Lipinski definition) is 1. The van der Waals surface area contributed by atoms with Crippen molar-refractivity contribution in [3.05, 3.63) is 23.8 Å². The number of imidazole rings is 2. The Labute approximate surface area is 73.9 Å². The molecule has 68 valence electrons. The summed E-state index contributed by atoms with van der Waals surface area (Å²) in [5.74, 6) is 0.926. The number of hydrogen-bond acceptors (Lipinski definition) is 1. The molecule has 1 N–H and O–H groups in total. The number of nitrogens with zero attached hydrogens (tertiary/aromatic N) is 2. The van der Waals surface area contributed by atoms with Crippen molar-refractivity contribution in [3.63, 3.8) is 0 Å². The van der Waals surface area contributed by atoms with Crippen molar-refractivity contribution in [2.75, 3.05) is 0 Å². The van der Waals surface area contributed by atoms with Crippen molar-refractivity contribution >= 4 is 5.78 Å². The second-order valence-electron chi connectivity index (χ2n) is 2.46. The molecule has 0 amide bonds. The fourth-order valence-electron chi connectivity index (χ4n) is 1.11. The topological polar surface area (TPSA) is 33.1 Å². The second-order valence-corrected chi connectivity index (χ2v) is 2.46. The molecule has 2 aromatic heterocycles. The van der Waals surface area contributed by atoms with Crippen LogP contribution >= 0.6 is 0 Å². The van der Waals surface area contributed by atoms with Crippen LogP contribution in [0.5, 0.6) is 0 Å². The molecule has 0 saturated heterocycles. The van der Waals surface area contributed by atoms with Gasteiger partial charge in [0.2, 0.25) is 5.78 Å². The number of H-pyrrole nitrogens is 1. The highest BCUT2D eigenvalue weighted by Gasteiger charge is 2.01. The Balaban J connectivity index is 0.000000451. The van der Waals surface area contributed by atoms with Gasteiger partial charge >= 0.3 is 0 Å². The van der Waals surface area contributed by atoms with Gasteiger partial charge in [0.15, 0.2) is 0 Å². The van der Waals surface area contributed by atoms with Gasteiger partial charge in [0.25, 0.3) is 0 Å². The Hall–Kier alpha value is -1.25. The van der Waals surface area contributed by atoms with Crippen molar-refractivity contribution < 1.29 is 1.43 Å². The fourth-order valence-corrected chi connectivity index (χ4v) is 1.11. The molecule has 0 unspecified atom stereocenters. The predicted molar refractivity (Wildman–Crippen MR) is 52.5 cm³/mol. The lowest BCUT2D eigenvalue weighted by Gasteiger charge is -1.86. The smallest absolute Gasteiger partial charge is 0.211 e. The van der Waals surface area contributed by atoms with Crippen LogP contribution in [0.3, 0.4) is 0 Å². The summed E-state index contributed by atoms with van der Waals surface area (Å²) in [6.07, 6.45) is 3.74. The summed E-state index contributed by atoms with van der Waals surface area (Å²) in [7, 11) is 0. The zero-order valence-electron chi connectivity index (χ0n) is 8.05. The molecular weight excluding hydrogens is 150 g/mol. The first-order chi connectivity index (χ1) is 5.79. The van der Waals surface area contributed by atoms with E-state index in [9.17, 15) is 0 Å². The van der Waals surface area contributed by atoms with Crippen LogP contribution in [-0.2, 0) is 0 Å². The summed E-state index contributed by atoms with van der Waals surface area (Å²) in [5.41, 5.74) is 2.41. The summed E-state index contributed by atoms with van der Waals surface area (Å²) in [6, 6.07) is 0. The van der Waals surface area contributed by atoms with Crippen LogP contribution in [0.15, 0.2) is 12.4 Å². The Bertz CT molecular complexity index is 362. The summed E-state index contributed by atoms with van der Waals surface area (Å²) >= 11 is 0. The van der Waals surface area contributed by atoms with Crippen molar-refractivity contribution in [1.29, 1.82) is 0 Å². The minimum Gasteiger partial charge on any atom is -0.328 e. The lowest BCUT2D eigenvalue weighted by Crippen LogP contribution is -1.80. The van der Waals surface area contributed by atoms with Crippen LogP contribution in [0.2, 0.25) is 0 Å². The van der Waals surface area contributed by atoms with Gasteiger partial charge in [0, 0.05) is 25.2 Å². The van der Waals surface area contributed by atoms with E-state index in [0.717, 1.165) is 5.78 Å². The standard InChI is InChI=1S/C7H9N3.C2H6.H2/c1-5-6(2)10-4-3-8-7(10)9-5;1-2;/h3-4H,1-2H3,(H,8,9);1-2H3;1H. The van der Waals surface area contributed by atoms with Crippen LogP contribution in [0.25, 0.3) is 5.78 Å². The average Bonchev–Trinajstić information content (AvgIpc) is 2.62. The van der Waals surface area contributed by atoms with Crippen molar-refractivity contribution in [2.45, 2.75) is 27.7 Å². The van der Waals surface area contributed by atoms with E-state index in [1.165, 1.54) is 11.4 Å². The van der Waals surface area contributed by atoms with Gasteiger partial charge in [-0.05, 0) is 13.8 Å². The minimum atomic E-state index is 0. The van der Waals surface area contributed by atoms with E-state index in [0.29, 0.717) is 0 Å². The van der Waals surface area contributed by atoms with Gasteiger partial charge in [-0.3, -0.25) is 4.40 Å². The molecule has 12 heavy (non-hydrogen) atoms. The molecule has 0 aliphatic rings. The van der Waals surface area contributed by atoms with Crippen LogP contribution in [0.1, 0.15) is 26.7 Å². The molecule has 0 saturated carbocycles. The molecule has 0 atom stereocenters. The maximum Gasteiger partial charge on any atom is 0.211 e. The van der Waals surface area contributed by atoms with Crippen LogP contribution in [0.4, 0.5) is 0 Å². The van der Waals surface area contributed by atoms with E-state index in [1.54, 1.807) is 6.20 Å². The van der Waals surface area contributed by atoms with Gasteiger partial charge < -0.3 is 4.98 Å². The average molecular weight is 167 g/mol. The normalized spacial score (nSPS) is 9.67. The van der Waals surface area contributed by atoms with Crippen molar-refractivity contribution in [2.24, 2.45) is 0 Å². The molecule has 0 radical (unpaired) electrons. The maximum absolute atomic E-state index is 4.11. The third-order valence-electron chi connectivity index (χ3n) is 1.84. The van der Waals surface area contributed by atoms with E-state index >= 15 is 0 Å². The fraction of sp³-hybridized carbons (Fsp3) is 0.444. The van der Waals surface area contributed by atoms with Gasteiger partial charge in [-0.2, -0.15) is 0 Å². The summed E-state index contributed by atoms with van der Waals surface area (Å²) in [6.45, 7) is 8.12. The number of nitrogens with one attached hydrogen (secondary N) is 1. The number of aromatic amines is 1. The lowest BCUT2D eigenvalue weighted by atomic mass is 10.4. The second kappa shape index (κ2) is 3.43. The first-order valence-electron chi connectivity index (χ1n) is 4.27. The van der Waals surface area contributed by atoms with Gasteiger partial charge in [-0.25, -0.2) is 4.98 Å². The highest BCUT2D eigenvalue weighted by Crippen LogP contribution is 2.07. The summed E-state index contributed by atoms with van der Waals surface area (Å²) in [5, 5.41) is 0. The molecule has 0 aliphatic heterocycles. The first-order valence-corrected chi connectivity index (χ1v) is 4.27. The molecule has 2 heterocycles. The van der Waals surface area contributed by atoms with E-state index in [4.69, 9.17) is 0 Å². The van der Waals surface area contributed by atoms with E-state index in [2.05, 4.69) is 16.9 Å². The highest BCUT2D eigenvalue weighted by atomic mass is 15.1. The Kier molecular flexibility index (Phi) is 2.53. The third kappa shape index (κ3) is 1.22. The molecule has 0 fully saturated rings. The van der Waals surface area contributed by atoms with Crippen LogP contribution in [-0.4, -0.2) is 14.4 Å². The Morgan fingerprint density at radius 3 is 2.67 bits per heavy atom. The van der Waals surface area contributed by atoms with E-state index < -0.39 is 0 Å². The molecule has 0 spiro atoms. The van der Waals surface area contributed by atoms with E-state index in [-0.39, 0.29) is 1.43 Å². The molecule has 2 rings (SSSR count). The largest absolute Gasteiger partial charge is 0.328 e. The Morgan fingerprint density at radius 2 is 2.08 bits per heavy atom. The van der Waals surface area contributed by atoms with Crippen LogP contribution in [0, 0.1) is 13.8 Å². The number of fused-ring (bicyclic) bond motifs is 1. The maximum atomic E-state index is 4.11. The minimum absolute atomic E-state index is 0. The van der Waals surface area contributed by atoms with Crippen molar-refractivity contribution in [1.82, 2.24) is 14.4 Å². The molecule has 3 heteroatoms. The number of rotatable bonds is 0. The molecule has 2 aromatic rings. The quantitative estimate of drug-likeness (QED) is 0.642. The number of aromatic nitrogens is 3. The monoisotopic (exact) mass is 167 g/mol. The zero-order valence-corrected chi connectivity index (χ0v) is 8.05.